The van der Waals surface area contributed by atoms with Gasteiger partial charge in [-0.25, -0.2) is 28.1 Å². The lowest BCUT2D eigenvalue weighted by Crippen LogP contribution is -2.44. The number of fused-ring (bicyclic) bond motifs is 6. The fourth-order valence-electron chi connectivity index (χ4n) is 14.7. The number of hydrogen-bond donors (Lipinski definition) is 8. The minimum atomic E-state index is -0.598. The van der Waals surface area contributed by atoms with Gasteiger partial charge in [0.25, 0.3) is 0 Å². The summed E-state index contributed by atoms with van der Waals surface area (Å²) in [4.78, 5) is 69.6. The molecule has 6 aromatic rings. The Kier molecular flexibility index (Phi) is 21.5. The minimum absolute atomic E-state index is 0.0113. The molecule has 6 bridgehead atoms. The van der Waals surface area contributed by atoms with Gasteiger partial charge in [-0.2, -0.15) is 15.0 Å². The van der Waals surface area contributed by atoms with Gasteiger partial charge in [-0.1, -0.05) is 48.6 Å². The maximum absolute atomic E-state index is 14.5. The SMILES string of the molecule is COc1ccc([C@@H](C)NC(=O)[C@@H]2[C@H](Nc3nc(Cl)ncc3F)[C@H]3C=C[C@@H]2C3)cc1.Cc1cc(N)ccc1N1CCN(C)CC1.Cc1cc(Nc2ncc(F)c(N[C@H]3[C@@H](C(N)=O)[C@@H]4C=C[C@H]3C4)n2)ccc1N1CCN(C)CC1.NC(=O)[C@@H]1[C@H](Nc2nc(Cl)ncc2F)[C@H]2C=C[C@@H]1C2. The van der Waals surface area contributed by atoms with Crippen molar-refractivity contribution in [2.24, 2.45) is 64.7 Å². The molecule has 22 nitrogen and oxygen atoms in total. The third-order valence-corrected chi connectivity index (χ3v) is 20.1. The van der Waals surface area contributed by atoms with Gasteiger partial charge in [0.15, 0.2) is 34.9 Å². The van der Waals surface area contributed by atoms with E-state index in [4.69, 9.17) is 45.1 Å². The van der Waals surface area contributed by atoms with Crippen molar-refractivity contribution in [1.29, 1.82) is 0 Å². The molecular weight excluding hydrogens is 1270 g/mol. The Bertz CT molecular complexity index is 3880. The van der Waals surface area contributed by atoms with Gasteiger partial charge in [0.2, 0.25) is 34.2 Å². The molecule has 6 aliphatic carbocycles. The van der Waals surface area contributed by atoms with Crippen LogP contribution in [0, 0.1) is 84.6 Å². The Morgan fingerprint density at radius 1 is 0.562 bits per heavy atom. The van der Waals surface area contributed by atoms with Crippen LogP contribution >= 0.6 is 23.2 Å². The number of piperazine rings is 2. The minimum Gasteiger partial charge on any atom is -0.497 e. The zero-order valence-electron chi connectivity index (χ0n) is 54.5. The van der Waals surface area contributed by atoms with Crippen LogP contribution in [0.3, 0.4) is 0 Å². The first-order valence-electron chi connectivity index (χ1n) is 32.4. The number of halogens is 5. The Morgan fingerprint density at radius 2 is 0.979 bits per heavy atom. The zero-order chi connectivity index (χ0) is 68.1. The summed E-state index contributed by atoms with van der Waals surface area (Å²) in [7, 11) is 5.93. The standard InChI is InChI=1S/C24H30FN7O.C21H22ClFN4O2.C12H12ClFN4O.C12H19N3/c1-14-11-17(5-6-19(14)32-9-7-31(2)8-10-32)28-24-27-13-18(25)23(30-24)29-21-16-4-3-15(12-16)20(21)22(26)33;1-11(12-5-7-15(29-2)8-6-12)25-20(28)17-13-3-4-14(9-13)18(17)26-19-16(23)10-24-21(22)27-19;13-12-16-4-7(14)11(18-12)17-9-6-2-1-5(3-6)8(9)10(15)19;1-10-9-11(13)3-4-12(10)15-7-5-14(2)6-8-15/h3-6,11,13,15-16,20-21H,7-10,12H2,1-2H3,(H2,26,33)(H2,27,28,29,30);3-8,10-11,13-14,17-18H,9H2,1-2H3,(H,25,28)(H,24,26,27);1-2,4-6,8-9H,3H2,(H2,15,19)(H,16,17,18);3-4,9H,5-8,13H2,1-2H3/t15-,16+,20+,21-;11-,13-,14+,17+,18-;5-,6+,8+,9-;/m111./s1. The van der Waals surface area contributed by atoms with Gasteiger partial charge in [0, 0.05) is 93.2 Å². The molecule has 5 fully saturated rings. The van der Waals surface area contributed by atoms with Crippen LogP contribution in [0.2, 0.25) is 10.6 Å². The quantitative estimate of drug-likeness (QED) is 0.0255. The van der Waals surface area contributed by atoms with Gasteiger partial charge in [-0.15, -0.1) is 0 Å². The number of amides is 3. The molecule has 0 spiro atoms. The van der Waals surface area contributed by atoms with Crippen LogP contribution in [-0.2, 0) is 14.4 Å². The number of benzene rings is 3. The van der Waals surface area contributed by atoms with Crippen LogP contribution in [0.5, 0.6) is 5.75 Å². The summed E-state index contributed by atoms with van der Waals surface area (Å²) >= 11 is 11.5. The van der Waals surface area contributed by atoms with E-state index in [1.807, 2.05) is 67.6 Å². The number of likely N-dealkylation sites (N-methyl/N-ethyl adjacent to an activating group) is 2. The lowest BCUT2D eigenvalue weighted by Gasteiger charge is -2.35. The first-order valence-corrected chi connectivity index (χ1v) is 33.2. The van der Waals surface area contributed by atoms with Crippen molar-refractivity contribution >= 4 is 87.1 Å². The number of carbonyl (C=O) groups is 3. The van der Waals surface area contributed by atoms with Gasteiger partial charge < -0.3 is 68.1 Å². The molecule has 3 amide bonds. The van der Waals surface area contributed by atoms with Gasteiger partial charge in [-0.3, -0.25) is 14.4 Å². The molecule has 96 heavy (non-hydrogen) atoms. The predicted octanol–water partition coefficient (Wildman–Crippen LogP) is 8.95. The number of rotatable bonds is 16. The smallest absolute Gasteiger partial charge is 0.229 e. The van der Waals surface area contributed by atoms with Crippen LogP contribution < -0.4 is 58.3 Å². The summed E-state index contributed by atoms with van der Waals surface area (Å²) in [6.07, 6.45) is 18.0. The fourth-order valence-corrected chi connectivity index (χ4v) is 15.0. The number of aryl methyl sites for hydroxylation is 2. The Hall–Kier alpha value is -8.78. The fraction of sp³-hybridized carbons (Fsp3) is 0.435. The third-order valence-electron chi connectivity index (χ3n) is 19.8. The topological polar surface area (TPSA) is 289 Å². The molecular formula is C69H83Cl2F3N18O4. The second-order valence-electron chi connectivity index (χ2n) is 26.1. The number of hydrogen-bond acceptors (Lipinski definition) is 19. The van der Waals surface area contributed by atoms with Crippen LogP contribution in [0.1, 0.15) is 48.9 Å². The summed E-state index contributed by atoms with van der Waals surface area (Å²) in [5.74, 6) is -1.63. The summed E-state index contributed by atoms with van der Waals surface area (Å²) < 4.78 is 47.4. The first-order chi connectivity index (χ1) is 46.1. The molecule has 2 aliphatic heterocycles. The molecule has 3 saturated carbocycles. The Labute approximate surface area is 567 Å². The van der Waals surface area contributed by atoms with Crippen molar-refractivity contribution in [3.63, 3.8) is 0 Å². The van der Waals surface area contributed by atoms with E-state index >= 15 is 0 Å². The van der Waals surface area contributed by atoms with E-state index in [1.54, 1.807) is 7.11 Å². The highest BCUT2D eigenvalue weighted by Gasteiger charge is 2.50. The van der Waals surface area contributed by atoms with Crippen molar-refractivity contribution in [2.45, 2.75) is 64.2 Å². The van der Waals surface area contributed by atoms with Crippen LogP contribution in [0.25, 0.3) is 0 Å². The molecule has 11 N–H and O–H groups in total. The van der Waals surface area contributed by atoms with Crippen molar-refractivity contribution in [1.82, 2.24) is 45.0 Å². The number of methoxy groups -OCH3 is 1. The van der Waals surface area contributed by atoms with Crippen LogP contribution in [0.15, 0.2) is 116 Å². The first kappa shape index (κ1) is 68.6. The van der Waals surface area contributed by atoms with E-state index in [1.165, 1.54) is 16.9 Å². The number of nitrogens with zero attached hydrogens (tertiary/aromatic N) is 10. The molecule has 5 heterocycles. The number of allylic oxidation sites excluding steroid dienone is 3. The summed E-state index contributed by atoms with van der Waals surface area (Å²) in [5, 5.41) is 15.4. The van der Waals surface area contributed by atoms with Gasteiger partial charge in [0.05, 0.1) is 49.5 Å². The van der Waals surface area contributed by atoms with E-state index in [0.29, 0.717) is 5.95 Å². The van der Waals surface area contributed by atoms with Crippen molar-refractivity contribution in [2.75, 3.05) is 110 Å². The number of nitrogens with two attached hydrogens (primary N) is 3. The van der Waals surface area contributed by atoms with E-state index < -0.39 is 17.5 Å². The number of nitrogen functional groups attached to an aromatic ring is 1. The van der Waals surface area contributed by atoms with E-state index in [2.05, 4.69) is 140 Å². The van der Waals surface area contributed by atoms with Gasteiger partial charge in [0.1, 0.15) is 5.75 Å². The molecule has 0 radical (unpaired) electrons. The normalized spacial score (nSPS) is 26.0. The Morgan fingerprint density at radius 3 is 1.43 bits per heavy atom. The lowest BCUT2D eigenvalue weighted by molar-refractivity contribution is -0.126. The maximum Gasteiger partial charge on any atom is 0.229 e. The monoisotopic (exact) mass is 1350 g/mol. The zero-order valence-corrected chi connectivity index (χ0v) is 56.0. The summed E-state index contributed by atoms with van der Waals surface area (Å²) in [5.41, 5.74) is 24.5. The van der Waals surface area contributed by atoms with E-state index in [0.717, 1.165) is 118 Å². The second-order valence-corrected chi connectivity index (χ2v) is 26.7. The average Bonchev–Trinajstić information content (AvgIpc) is 1.66. The highest BCUT2D eigenvalue weighted by molar-refractivity contribution is 6.28. The number of anilines is 8. The maximum atomic E-state index is 14.5. The Balaban J connectivity index is 0.000000136. The molecule has 508 valence electrons. The van der Waals surface area contributed by atoms with Crippen molar-refractivity contribution in [3.05, 3.63) is 160 Å². The molecule has 27 heteroatoms. The second kappa shape index (κ2) is 30.1. The van der Waals surface area contributed by atoms with Crippen molar-refractivity contribution in [3.8, 4) is 5.75 Å². The number of nitrogens with one attached hydrogen (secondary N) is 5. The average molecular weight is 1360 g/mol. The van der Waals surface area contributed by atoms with Crippen molar-refractivity contribution < 1.29 is 32.3 Å². The number of ether oxygens (including phenoxy) is 1. The molecule has 2 saturated heterocycles. The summed E-state index contributed by atoms with van der Waals surface area (Å²) in [6.45, 7) is 14.8. The predicted molar refractivity (Wildman–Crippen MR) is 368 cm³/mol. The molecule has 13 atom stereocenters. The third kappa shape index (κ3) is 15.9. The number of primary amides is 2. The highest BCUT2D eigenvalue weighted by atomic mass is 35.5. The summed E-state index contributed by atoms with van der Waals surface area (Å²) in [6, 6.07) is 19.0. The van der Waals surface area contributed by atoms with Crippen LogP contribution in [0.4, 0.5) is 59.3 Å². The largest absolute Gasteiger partial charge is 0.497 e. The van der Waals surface area contributed by atoms with Crippen LogP contribution in [-0.4, -0.2) is 149 Å². The molecule has 3 aromatic heterocycles. The number of aromatic nitrogens is 6. The molecule has 14 rings (SSSR count). The lowest BCUT2D eigenvalue weighted by atomic mass is 9.87. The van der Waals surface area contributed by atoms with E-state index in [9.17, 15) is 27.6 Å². The molecule has 0 unspecified atom stereocenters. The van der Waals surface area contributed by atoms with E-state index in [-0.39, 0.29) is 123 Å². The van der Waals surface area contributed by atoms with Gasteiger partial charge >= 0.3 is 0 Å². The molecule has 8 aliphatic rings. The van der Waals surface area contributed by atoms with Gasteiger partial charge in [-0.05, 0) is 178 Å². The number of carbonyl (C=O) groups excluding carboxylic acids is 3. The highest BCUT2D eigenvalue weighted by Crippen LogP contribution is 2.48. The molecule has 3 aromatic carbocycles.